The number of nitrogens with two attached hydrogens (primary N) is 2. The molecule has 4 aromatic rings. The van der Waals surface area contributed by atoms with Crippen LogP contribution in [0.5, 0.6) is 0 Å². The topological polar surface area (TPSA) is 122 Å². The molecule has 0 spiro atoms. The van der Waals surface area contributed by atoms with Crippen LogP contribution in [-0.2, 0) is 11.3 Å². The lowest BCUT2D eigenvalue weighted by Crippen LogP contribution is -2.37. The highest BCUT2D eigenvalue weighted by Crippen LogP contribution is 2.34. The van der Waals surface area contributed by atoms with E-state index in [2.05, 4.69) is 26.7 Å². The summed E-state index contributed by atoms with van der Waals surface area (Å²) in [6.45, 7) is 0.740. The number of fused-ring (bicyclic) bond motifs is 3. The summed E-state index contributed by atoms with van der Waals surface area (Å²) in [5, 5.41) is 7.04. The summed E-state index contributed by atoms with van der Waals surface area (Å²) in [5.74, 6) is -0.270. The molecule has 7 nitrogen and oxygen atoms in total. The van der Waals surface area contributed by atoms with E-state index >= 15 is 0 Å². The van der Waals surface area contributed by atoms with Crippen molar-refractivity contribution in [2.75, 3.05) is 5.73 Å². The number of amides is 1. The maximum atomic E-state index is 11.1. The summed E-state index contributed by atoms with van der Waals surface area (Å²) in [6.07, 6.45) is 2.92. The molecule has 3 aromatic carbocycles. The van der Waals surface area contributed by atoms with Gasteiger partial charge in [-0.3, -0.25) is 4.79 Å². The smallest absolute Gasteiger partial charge is 0.220 e. The molecule has 4 rings (SSSR count). The van der Waals surface area contributed by atoms with Gasteiger partial charge in [-0.15, -0.1) is 0 Å². The zero-order chi connectivity index (χ0) is 22.5. The second-order valence-corrected chi connectivity index (χ2v) is 7.84. The Morgan fingerprint density at radius 3 is 2.47 bits per heavy atom. The molecule has 0 saturated carbocycles. The van der Waals surface area contributed by atoms with Crippen molar-refractivity contribution in [1.29, 1.82) is 0 Å². The van der Waals surface area contributed by atoms with Crippen LogP contribution in [0.2, 0.25) is 0 Å². The van der Waals surface area contributed by atoms with E-state index in [-0.39, 0.29) is 5.91 Å². The number of primary amides is 1. The number of carbonyl (C=O) groups excluding carboxylic acids is 1. The Balaban J connectivity index is 1.96. The molecule has 0 fully saturated rings. The van der Waals surface area contributed by atoms with Gasteiger partial charge in [-0.25, -0.2) is 0 Å². The first kappa shape index (κ1) is 21.2. The summed E-state index contributed by atoms with van der Waals surface area (Å²) < 4.78 is 2.27. The van der Waals surface area contributed by atoms with Gasteiger partial charge in [-0.1, -0.05) is 35.4 Å². The molecule has 1 heterocycles. The molecule has 7 heteroatoms. The number of pyridine rings is 1. The molecule has 0 aliphatic heterocycles. The van der Waals surface area contributed by atoms with Crippen LogP contribution >= 0.6 is 0 Å². The van der Waals surface area contributed by atoms with E-state index in [1.165, 1.54) is 0 Å². The van der Waals surface area contributed by atoms with E-state index in [1.807, 2.05) is 54.6 Å². The predicted molar refractivity (Wildman–Crippen MR) is 128 cm³/mol. The van der Waals surface area contributed by atoms with Gasteiger partial charge in [0.2, 0.25) is 17.1 Å². The minimum atomic E-state index is -0.270. The zero-order valence-corrected chi connectivity index (χ0v) is 17.7. The number of azide groups is 1. The van der Waals surface area contributed by atoms with Crippen LogP contribution in [0.1, 0.15) is 25.7 Å². The Labute approximate surface area is 185 Å². The first-order valence-corrected chi connectivity index (χ1v) is 10.7. The van der Waals surface area contributed by atoms with E-state index in [9.17, 15) is 4.79 Å². The lowest BCUT2D eigenvalue weighted by atomic mass is 9.98. The Hall–Kier alpha value is -4.09. The number of hydrogen-bond donors (Lipinski definition) is 2. The van der Waals surface area contributed by atoms with Crippen LogP contribution in [0, 0.1) is 0 Å². The lowest BCUT2D eigenvalue weighted by Gasteiger charge is -2.13. The summed E-state index contributed by atoms with van der Waals surface area (Å²) in [6, 6.07) is 21.9. The maximum absolute atomic E-state index is 11.1. The van der Waals surface area contributed by atoms with Gasteiger partial charge in [0.25, 0.3) is 0 Å². The number of benzene rings is 3. The Kier molecular flexibility index (Phi) is 6.19. The summed E-state index contributed by atoms with van der Waals surface area (Å²) >= 11 is 0. The molecule has 0 atom stereocenters. The normalized spacial score (nSPS) is 10.9. The van der Waals surface area contributed by atoms with Crippen LogP contribution < -0.4 is 16.0 Å². The average Bonchev–Trinajstić information content (AvgIpc) is 2.79. The van der Waals surface area contributed by atoms with Gasteiger partial charge in [0, 0.05) is 46.1 Å². The van der Waals surface area contributed by atoms with Crippen molar-refractivity contribution >= 4 is 39.0 Å². The molecule has 0 bridgehead atoms. The quantitative estimate of drug-likeness (QED) is 0.0734. The Morgan fingerprint density at radius 2 is 1.72 bits per heavy atom. The van der Waals surface area contributed by atoms with Gasteiger partial charge < -0.3 is 11.5 Å². The first-order chi connectivity index (χ1) is 15.6. The molecule has 0 unspecified atom stereocenters. The first-order valence-electron chi connectivity index (χ1n) is 10.7. The fourth-order valence-corrected chi connectivity index (χ4v) is 4.23. The SMILES string of the molecule is [N-]=[N+]=Nc1ccc2c3ccc(N)cc3c(-c3ccccc3)[n+](CCCCCC(N)=O)c2c1. The van der Waals surface area contributed by atoms with Crippen LogP contribution in [0.4, 0.5) is 11.4 Å². The molecule has 160 valence electrons. The highest BCUT2D eigenvalue weighted by molar-refractivity contribution is 6.10. The molecule has 0 aliphatic carbocycles. The molecule has 0 radical (unpaired) electrons. The van der Waals surface area contributed by atoms with E-state index in [4.69, 9.17) is 17.0 Å². The van der Waals surface area contributed by atoms with Gasteiger partial charge in [0.15, 0.2) is 0 Å². The number of nitrogens with zero attached hydrogens (tertiary/aromatic N) is 4. The number of unbranched alkanes of at least 4 members (excludes halogenated alkanes) is 2. The molecule has 0 saturated heterocycles. The van der Waals surface area contributed by atoms with Crippen LogP contribution in [-0.4, -0.2) is 5.91 Å². The number of aromatic nitrogens is 1. The second kappa shape index (κ2) is 9.37. The van der Waals surface area contributed by atoms with E-state index in [0.717, 1.165) is 58.7 Å². The molecule has 4 N–H and O–H groups in total. The predicted octanol–water partition coefficient (Wildman–Crippen LogP) is 5.52. The standard InChI is InChI=1S/C25H24N6O/c26-18-10-12-20-21-13-11-19(29-30-28)16-23(21)31(14-6-2-5-9-24(27)32)25(22(20)15-18)17-7-3-1-4-8-17/h1,3-4,7-8,10-13,15-16H,2,5-6,9,14,26H2,(H-,27,32)/p+1. The monoisotopic (exact) mass is 425 g/mol. The minimum Gasteiger partial charge on any atom is -0.399 e. The molecule has 32 heavy (non-hydrogen) atoms. The van der Waals surface area contributed by atoms with Crippen molar-refractivity contribution in [3.8, 4) is 11.3 Å². The van der Waals surface area contributed by atoms with E-state index in [0.29, 0.717) is 17.8 Å². The second-order valence-electron chi connectivity index (χ2n) is 7.84. The average molecular weight is 426 g/mol. The van der Waals surface area contributed by atoms with Crippen LogP contribution in [0.25, 0.3) is 43.4 Å². The van der Waals surface area contributed by atoms with Gasteiger partial charge in [-0.2, -0.15) is 4.57 Å². The van der Waals surface area contributed by atoms with E-state index < -0.39 is 0 Å². The molecular formula is C25H25N6O+. The molecule has 1 amide bonds. The Morgan fingerprint density at radius 1 is 0.938 bits per heavy atom. The Bertz CT molecular complexity index is 1340. The molecule has 0 aliphatic rings. The number of carbonyl (C=O) groups is 1. The third kappa shape index (κ3) is 4.33. The number of anilines is 1. The van der Waals surface area contributed by atoms with Crippen molar-refractivity contribution in [3.63, 3.8) is 0 Å². The van der Waals surface area contributed by atoms with Gasteiger partial charge in [0.1, 0.15) is 6.54 Å². The lowest BCUT2D eigenvalue weighted by molar-refractivity contribution is -0.659. The maximum Gasteiger partial charge on any atom is 0.220 e. The van der Waals surface area contributed by atoms with Crippen molar-refractivity contribution in [3.05, 3.63) is 77.2 Å². The highest BCUT2D eigenvalue weighted by Gasteiger charge is 2.23. The third-order valence-electron chi connectivity index (χ3n) is 5.64. The fraction of sp³-hybridized carbons (Fsp3) is 0.200. The number of rotatable bonds is 8. The summed E-state index contributed by atoms with van der Waals surface area (Å²) in [5.41, 5.74) is 24.8. The van der Waals surface area contributed by atoms with Crippen LogP contribution in [0.3, 0.4) is 0 Å². The van der Waals surface area contributed by atoms with Crippen molar-refractivity contribution in [2.24, 2.45) is 10.8 Å². The van der Waals surface area contributed by atoms with Crippen molar-refractivity contribution in [2.45, 2.75) is 32.2 Å². The molecule has 1 aromatic heterocycles. The van der Waals surface area contributed by atoms with Crippen LogP contribution in [0.15, 0.2) is 71.8 Å². The largest absolute Gasteiger partial charge is 0.399 e. The minimum absolute atomic E-state index is 0.270. The van der Waals surface area contributed by atoms with Crippen molar-refractivity contribution < 1.29 is 9.36 Å². The number of nitrogen functional groups attached to an aromatic ring is 1. The molecular weight excluding hydrogens is 400 g/mol. The summed E-state index contributed by atoms with van der Waals surface area (Å²) in [7, 11) is 0. The van der Waals surface area contributed by atoms with Crippen molar-refractivity contribution in [1.82, 2.24) is 0 Å². The summed E-state index contributed by atoms with van der Waals surface area (Å²) in [4.78, 5) is 14.0. The zero-order valence-electron chi connectivity index (χ0n) is 17.7. The van der Waals surface area contributed by atoms with Gasteiger partial charge in [0.05, 0.1) is 10.8 Å². The number of hydrogen-bond acceptors (Lipinski definition) is 3. The third-order valence-corrected chi connectivity index (χ3v) is 5.64. The number of aryl methyl sites for hydroxylation is 1. The fourth-order valence-electron chi connectivity index (χ4n) is 4.23. The highest BCUT2D eigenvalue weighted by atomic mass is 16.1. The van der Waals surface area contributed by atoms with E-state index in [1.54, 1.807) is 0 Å². The van der Waals surface area contributed by atoms with Gasteiger partial charge >= 0.3 is 0 Å². The van der Waals surface area contributed by atoms with Gasteiger partial charge in [-0.05, 0) is 48.7 Å².